The lowest BCUT2D eigenvalue weighted by molar-refractivity contribution is 0.240. The average molecular weight is 180 g/mol. The van der Waals surface area contributed by atoms with Crippen molar-refractivity contribution in [1.82, 2.24) is 0 Å². The van der Waals surface area contributed by atoms with Crippen molar-refractivity contribution in [3.63, 3.8) is 0 Å². The van der Waals surface area contributed by atoms with Gasteiger partial charge in [-0.1, -0.05) is 18.2 Å². The first-order valence-corrected chi connectivity index (χ1v) is 5.90. The molecule has 0 aliphatic carbocycles. The van der Waals surface area contributed by atoms with E-state index in [9.17, 15) is 0 Å². The minimum absolute atomic E-state index is 0.277. The van der Waals surface area contributed by atoms with Crippen LogP contribution in [0.25, 0.3) is 0 Å². The second-order valence-corrected chi connectivity index (χ2v) is 3.83. The maximum Gasteiger partial charge on any atom is 0.122 e. The molecule has 0 spiro atoms. The molecule has 0 radical (unpaired) electrons. The van der Waals surface area contributed by atoms with Gasteiger partial charge in [0.1, 0.15) is 5.75 Å². The average Bonchev–Trinajstić information content (AvgIpc) is 2.04. The SMILES string of the molecule is CC(C)Oc1ccccc1C[SiH3]. The summed E-state index contributed by atoms with van der Waals surface area (Å²) in [5.41, 5.74) is 1.35. The maximum atomic E-state index is 5.66. The molecule has 2 heteroatoms. The molecule has 0 saturated carbocycles. The van der Waals surface area contributed by atoms with Crippen molar-refractivity contribution >= 4 is 10.2 Å². The normalized spacial score (nSPS) is 10.6. The van der Waals surface area contributed by atoms with Gasteiger partial charge in [-0.25, -0.2) is 0 Å². The van der Waals surface area contributed by atoms with Gasteiger partial charge in [0.15, 0.2) is 0 Å². The number of hydrogen-bond donors (Lipinski definition) is 0. The Morgan fingerprint density at radius 1 is 1.33 bits per heavy atom. The van der Waals surface area contributed by atoms with Gasteiger partial charge in [-0.3, -0.25) is 0 Å². The van der Waals surface area contributed by atoms with Crippen molar-refractivity contribution in [2.75, 3.05) is 0 Å². The molecule has 0 fully saturated rings. The van der Waals surface area contributed by atoms with Crippen LogP contribution in [0.5, 0.6) is 5.75 Å². The molecule has 0 aliphatic heterocycles. The molecule has 0 aliphatic rings. The Balaban J connectivity index is 2.82. The minimum Gasteiger partial charge on any atom is -0.491 e. The Labute approximate surface area is 77.2 Å². The molecule has 1 aromatic carbocycles. The zero-order valence-corrected chi connectivity index (χ0v) is 10.0. The van der Waals surface area contributed by atoms with Crippen LogP contribution in [-0.4, -0.2) is 16.3 Å². The van der Waals surface area contributed by atoms with Crippen LogP contribution in [0.2, 0.25) is 0 Å². The van der Waals surface area contributed by atoms with E-state index in [0.29, 0.717) is 0 Å². The van der Waals surface area contributed by atoms with Crippen molar-refractivity contribution in [3.8, 4) is 5.75 Å². The molecule has 0 atom stereocenters. The highest BCUT2D eigenvalue weighted by Crippen LogP contribution is 2.18. The highest BCUT2D eigenvalue weighted by Gasteiger charge is 2.01. The largest absolute Gasteiger partial charge is 0.491 e. The van der Waals surface area contributed by atoms with Gasteiger partial charge in [-0.15, -0.1) is 0 Å². The number of benzene rings is 1. The second kappa shape index (κ2) is 4.31. The lowest BCUT2D eigenvalue weighted by atomic mass is 10.2. The fourth-order valence-corrected chi connectivity index (χ4v) is 1.75. The van der Waals surface area contributed by atoms with Crippen LogP contribution in [0.3, 0.4) is 0 Å². The zero-order chi connectivity index (χ0) is 8.97. The molecule has 0 amide bonds. The number of ether oxygens (including phenoxy) is 1. The van der Waals surface area contributed by atoms with E-state index < -0.39 is 0 Å². The predicted octanol–water partition coefficient (Wildman–Crippen LogP) is 1.34. The van der Waals surface area contributed by atoms with Gasteiger partial charge < -0.3 is 4.74 Å². The van der Waals surface area contributed by atoms with Crippen LogP contribution in [0.15, 0.2) is 24.3 Å². The molecule has 66 valence electrons. The topological polar surface area (TPSA) is 9.23 Å². The molecule has 1 aromatic rings. The lowest BCUT2D eigenvalue weighted by Gasteiger charge is -2.12. The molecule has 0 bridgehead atoms. The summed E-state index contributed by atoms with van der Waals surface area (Å²) in [6.45, 7) is 4.12. The second-order valence-electron chi connectivity index (χ2n) is 3.13. The fourth-order valence-electron chi connectivity index (χ4n) is 1.16. The summed E-state index contributed by atoms with van der Waals surface area (Å²) in [5, 5.41) is 0. The molecule has 1 nitrogen and oxygen atoms in total. The van der Waals surface area contributed by atoms with E-state index in [-0.39, 0.29) is 6.10 Å². The summed E-state index contributed by atoms with van der Waals surface area (Å²) < 4.78 is 5.66. The zero-order valence-electron chi connectivity index (χ0n) is 8.00. The summed E-state index contributed by atoms with van der Waals surface area (Å²) in [5.74, 6) is 1.06. The van der Waals surface area contributed by atoms with Crippen LogP contribution in [0, 0.1) is 0 Å². The Hall–Kier alpha value is -0.763. The van der Waals surface area contributed by atoms with Crippen LogP contribution >= 0.6 is 0 Å². The maximum absolute atomic E-state index is 5.66. The van der Waals surface area contributed by atoms with Gasteiger partial charge in [-0.05, 0) is 31.5 Å². The van der Waals surface area contributed by atoms with Gasteiger partial charge in [0.2, 0.25) is 0 Å². The van der Waals surface area contributed by atoms with Crippen molar-refractivity contribution < 1.29 is 4.74 Å². The van der Waals surface area contributed by atoms with E-state index in [1.165, 1.54) is 21.9 Å². The van der Waals surface area contributed by atoms with Crippen LogP contribution in [0.4, 0.5) is 0 Å². The fraction of sp³-hybridized carbons (Fsp3) is 0.400. The highest BCUT2D eigenvalue weighted by atomic mass is 28.1. The number of hydrogen-bond acceptors (Lipinski definition) is 1. The van der Waals surface area contributed by atoms with E-state index in [4.69, 9.17) is 4.74 Å². The van der Waals surface area contributed by atoms with E-state index in [2.05, 4.69) is 26.0 Å². The first kappa shape index (κ1) is 9.33. The summed E-state index contributed by atoms with van der Waals surface area (Å²) in [6.07, 6.45) is 0.277. The molecular weight excluding hydrogens is 164 g/mol. The van der Waals surface area contributed by atoms with Crippen LogP contribution < -0.4 is 4.74 Å². The van der Waals surface area contributed by atoms with Crippen molar-refractivity contribution in [3.05, 3.63) is 29.8 Å². The van der Waals surface area contributed by atoms with Crippen molar-refractivity contribution in [2.24, 2.45) is 0 Å². The molecule has 1 rings (SSSR count). The van der Waals surface area contributed by atoms with E-state index in [0.717, 1.165) is 5.75 Å². The molecule has 0 saturated heterocycles. The third-order valence-electron chi connectivity index (χ3n) is 1.72. The molecule has 12 heavy (non-hydrogen) atoms. The summed E-state index contributed by atoms with van der Waals surface area (Å²) >= 11 is 0. The van der Waals surface area contributed by atoms with Crippen molar-refractivity contribution in [1.29, 1.82) is 0 Å². The van der Waals surface area contributed by atoms with Crippen LogP contribution in [0.1, 0.15) is 19.4 Å². The predicted molar refractivity (Wildman–Crippen MR) is 55.8 cm³/mol. The molecular formula is C10H16OSi. The van der Waals surface area contributed by atoms with E-state index in [1.54, 1.807) is 0 Å². The third kappa shape index (κ3) is 2.38. The van der Waals surface area contributed by atoms with Gasteiger partial charge in [-0.2, -0.15) is 0 Å². The number of rotatable bonds is 3. The summed E-state index contributed by atoms with van der Waals surface area (Å²) in [6, 6.07) is 9.46. The Kier molecular flexibility index (Phi) is 3.35. The number of para-hydroxylation sites is 1. The highest BCUT2D eigenvalue weighted by molar-refractivity contribution is 6.08. The first-order valence-electron chi connectivity index (χ1n) is 4.48. The first-order chi connectivity index (χ1) is 5.74. The Morgan fingerprint density at radius 2 is 2.00 bits per heavy atom. The van der Waals surface area contributed by atoms with Gasteiger partial charge in [0.25, 0.3) is 0 Å². The minimum atomic E-state index is 0.277. The lowest BCUT2D eigenvalue weighted by Crippen LogP contribution is -2.07. The molecule has 0 unspecified atom stereocenters. The van der Waals surface area contributed by atoms with Crippen molar-refractivity contribution in [2.45, 2.75) is 26.0 Å². The monoisotopic (exact) mass is 180 g/mol. The summed E-state index contributed by atoms with van der Waals surface area (Å²) in [7, 11) is 1.20. The van der Waals surface area contributed by atoms with Gasteiger partial charge >= 0.3 is 0 Å². The Morgan fingerprint density at radius 3 is 2.58 bits per heavy atom. The Bertz CT molecular complexity index is 245. The third-order valence-corrected chi connectivity index (χ3v) is 2.48. The quantitative estimate of drug-likeness (QED) is 0.638. The van der Waals surface area contributed by atoms with Gasteiger partial charge in [0, 0.05) is 10.2 Å². The smallest absolute Gasteiger partial charge is 0.122 e. The standard InChI is InChI=1S/C10H16OSi/c1-8(2)11-10-6-4-3-5-9(10)7-12/h3-6,8H,7H2,1-2,12H3. The van der Waals surface area contributed by atoms with Crippen LogP contribution in [-0.2, 0) is 6.04 Å². The molecule has 0 heterocycles. The summed E-state index contributed by atoms with van der Waals surface area (Å²) in [4.78, 5) is 0. The van der Waals surface area contributed by atoms with Gasteiger partial charge in [0.05, 0.1) is 6.10 Å². The van der Waals surface area contributed by atoms with E-state index >= 15 is 0 Å². The molecule has 0 aromatic heterocycles. The molecule has 0 N–H and O–H groups in total. The van der Waals surface area contributed by atoms with E-state index in [1.807, 2.05) is 12.1 Å².